The molecule has 0 aromatic heterocycles. The minimum atomic E-state index is -0.702. The van der Waals surface area contributed by atoms with E-state index in [1.54, 1.807) is 36.0 Å². The maximum Gasteiger partial charge on any atom is 0.244 e. The molecule has 0 aliphatic carbocycles. The van der Waals surface area contributed by atoms with Gasteiger partial charge in [0, 0.05) is 28.9 Å². The summed E-state index contributed by atoms with van der Waals surface area (Å²) in [4.78, 5) is 42.1. The van der Waals surface area contributed by atoms with E-state index in [1.807, 2.05) is 6.92 Å². The SMILES string of the molecule is CCCCCNC(=O)C1N(CCO)C(=O)[C@@H]2[C@H](C(=O)Nc3ccc(OCC)cc3)[C@H]3SC12CC3Br. The van der Waals surface area contributed by atoms with Gasteiger partial charge < -0.3 is 25.4 Å². The van der Waals surface area contributed by atoms with Crippen LogP contribution in [0.2, 0.25) is 0 Å². The number of fused-ring (bicyclic) bond motifs is 1. The Hall–Kier alpha value is -1.78. The van der Waals surface area contributed by atoms with E-state index < -0.39 is 22.6 Å². The number of benzene rings is 1. The maximum absolute atomic E-state index is 13.7. The molecule has 1 spiro atoms. The molecule has 3 unspecified atom stereocenters. The molecule has 10 heteroatoms. The molecule has 4 rings (SSSR count). The van der Waals surface area contributed by atoms with Gasteiger partial charge in [0.2, 0.25) is 17.7 Å². The number of rotatable bonds is 11. The predicted molar refractivity (Wildman–Crippen MR) is 140 cm³/mol. The first-order chi connectivity index (χ1) is 16.9. The number of likely N-dealkylation sites (tertiary alicyclic amines) is 1. The second kappa shape index (κ2) is 11.1. The van der Waals surface area contributed by atoms with Crippen LogP contribution >= 0.6 is 27.7 Å². The highest BCUT2D eigenvalue weighted by Gasteiger charge is 2.75. The number of alkyl halides is 1. The molecular weight excluding hydrogens is 534 g/mol. The fraction of sp³-hybridized carbons (Fsp3) is 0.640. The monoisotopic (exact) mass is 567 g/mol. The van der Waals surface area contributed by atoms with E-state index in [9.17, 15) is 19.5 Å². The molecule has 2 bridgehead atoms. The van der Waals surface area contributed by atoms with Gasteiger partial charge in [-0.3, -0.25) is 14.4 Å². The molecule has 3 saturated heterocycles. The van der Waals surface area contributed by atoms with Gasteiger partial charge in [-0.15, -0.1) is 11.8 Å². The lowest BCUT2D eigenvalue weighted by atomic mass is 9.70. The van der Waals surface area contributed by atoms with E-state index in [4.69, 9.17) is 4.74 Å². The van der Waals surface area contributed by atoms with Crippen molar-refractivity contribution in [3.8, 4) is 5.75 Å². The van der Waals surface area contributed by atoms with Gasteiger partial charge in [0.1, 0.15) is 11.8 Å². The van der Waals surface area contributed by atoms with Gasteiger partial charge in [-0.05, 0) is 44.0 Å². The van der Waals surface area contributed by atoms with Crippen LogP contribution < -0.4 is 15.4 Å². The lowest BCUT2D eigenvalue weighted by molar-refractivity contribution is -0.139. The fourth-order valence-electron chi connectivity index (χ4n) is 5.79. The Labute approximate surface area is 219 Å². The second-order valence-corrected chi connectivity index (χ2v) is 12.1. The highest BCUT2D eigenvalue weighted by molar-refractivity contribution is 9.09. The topological polar surface area (TPSA) is 108 Å². The molecule has 3 fully saturated rings. The van der Waals surface area contributed by atoms with Crippen LogP contribution in [0.25, 0.3) is 0 Å². The van der Waals surface area contributed by atoms with Crippen molar-refractivity contribution in [1.82, 2.24) is 10.2 Å². The maximum atomic E-state index is 13.7. The first kappa shape index (κ1) is 26.3. The van der Waals surface area contributed by atoms with Gasteiger partial charge in [-0.1, -0.05) is 35.7 Å². The van der Waals surface area contributed by atoms with Crippen LogP contribution in [0, 0.1) is 11.8 Å². The zero-order valence-electron chi connectivity index (χ0n) is 20.2. The number of β-amino-alcohol motifs (C(OH)–C–C–N with tert-alkyl or cyclic N) is 1. The summed E-state index contributed by atoms with van der Waals surface area (Å²) in [6.07, 6.45) is 3.57. The number of carbonyl (C=O) groups is 3. The van der Waals surface area contributed by atoms with Crippen LogP contribution in [0.3, 0.4) is 0 Å². The summed E-state index contributed by atoms with van der Waals surface area (Å²) in [7, 11) is 0. The molecule has 192 valence electrons. The summed E-state index contributed by atoms with van der Waals surface area (Å²) >= 11 is 5.34. The Morgan fingerprint density at radius 3 is 2.63 bits per heavy atom. The normalized spacial score (nSPS) is 30.9. The van der Waals surface area contributed by atoms with Gasteiger partial charge in [0.05, 0.1) is 29.8 Å². The average molecular weight is 569 g/mol. The Kier molecular flexibility index (Phi) is 8.33. The van der Waals surface area contributed by atoms with Crippen molar-refractivity contribution >= 4 is 51.1 Å². The third-order valence-corrected chi connectivity index (χ3v) is 10.4. The van der Waals surface area contributed by atoms with Crippen LogP contribution in [0.15, 0.2) is 24.3 Å². The first-order valence-electron chi connectivity index (χ1n) is 12.4. The molecule has 0 saturated carbocycles. The third-order valence-electron chi connectivity index (χ3n) is 7.19. The zero-order chi connectivity index (χ0) is 25.2. The van der Waals surface area contributed by atoms with Crippen LogP contribution in [0.5, 0.6) is 5.75 Å². The first-order valence-corrected chi connectivity index (χ1v) is 14.2. The Morgan fingerprint density at radius 1 is 1.23 bits per heavy atom. The van der Waals surface area contributed by atoms with Crippen molar-refractivity contribution in [1.29, 1.82) is 0 Å². The second-order valence-electron chi connectivity index (χ2n) is 9.36. The van der Waals surface area contributed by atoms with Crippen molar-refractivity contribution in [2.75, 3.05) is 31.6 Å². The number of hydrogen-bond donors (Lipinski definition) is 3. The standard InChI is InChI=1S/C25H34BrN3O5S/c1-3-5-6-11-27-23(32)21-25-14-17(26)20(35-25)18(19(25)24(33)29(21)12-13-30)22(31)28-15-7-9-16(10-8-15)34-4-2/h7-10,17-21,30H,3-6,11-14H2,1-2H3,(H,27,32)(H,28,31)/t17?,18-,19-,20-,21?,25?/m0/s1. The van der Waals surface area contributed by atoms with Gasteiger partial charge in [-0.25, -0.2) is 0 Å². The summed E-state index contributed by atoms with van der Waals surface area (Å²) in [5.41, 5.74) is 0.634. The largest absolute Gasteiger partial charge is 0.494 e. The molecule has 3 aliphatic rings. The van der Waals surface area contributed by atoms with E-state index in [-0.39, 0.29) is 41.0 Å². The molecule has 3 amide bonds. The average Bonchev–Trinajstić information content (AvgIpc) is 3.42. The number of thioether (sulfide) groups is 1. The quantitative estimate of drug-likeness (QED) is 0.280. The summed E-state index contributed by atoms with van der Waals surface area (Å²) in [6, 6.07) is 6.46. The summed E-state index contributed by atoms with van der Waals surface area (Å²) in [6.45, 7) is 4.97. The Bertz CT molecular complexity index is 948. The highest BCUT2D eigenvalue weighted by Crippen LogP contribution is 2.67. The van der Waals surface area contributed by atoms with Gasteiger partial charge in [0.15, 0.2) is 0 Å². The highest BCUT2D eigenvalue weighted by atomic mass is 79.9. The lowest BCUT2D eigenvalue weighted by Crippen LogP contribution is -2.54. The summed E-state index contributed by atoms with van der Waals surface area (Å²) in [5.74, 6) is -1.08. The van der Waals surface area contributed by atoms with Crippen molar-refractivity contribution in [2.45, 2.75) is 60.4 Å². The molecule has 8 nitrogen and oxygen atoms in total. The lowest BCUT2D eigenvalue weighted by Gasteiger charge is -2.35. The number of aliphatic hydroxyl groups is 1. The summed E-state index contributed by atoms with van der Waals surface area (Å²) in [5, 5.41) is 15.6. The number of hydrogen-bond acceptors (Lipinski definition) is 6. The Morgan fingerprint density at radius 2 is 1.97 bits per heavy atom. The molecule has 3 N–H and O–H groups in total. The van der Waals surface area contributed by atoms with Crippen molar-refractivity contribution in [2.24, 2.45) is 11.8 Å². The minimum absolute atomic E-state index is 0.0112. The number of ether oxygens (including phenoxy) is 1. The van der Waals surface area contributed by atoms with E-state index >= 15 is 0 Å². The molecule has 1 aromatic carbocycles. The van der Waals surface area contributed by atoms with E-state index in [1.165, 1.54) is 4.90 Å². The molecular formula is C25H34BrN3O5S. The predicted octanol–water partition coefficient (Wildman–Crippen LogP) is 2.79. The van der Waals surface area contributed by atoms with Gasteiger partial charge in [0.25, 0.3) is 0 Å². The van der Waals surface area contributed by atoms with Crippen LogP contribution in [0.4, 0.5) is 5.69 Å². The van der Waals surface area contributed by atoms with Gasteiger partial charge >= 0.3 is 0 Å². The minimum Gasteiger partial charge on any atom is -0.494 e. The van der Waals surface area contributed by atoms with Crippen LogP contribution in [-0.4, -0.2) is 74.9 Å². The van der Waals surface area contributed by atoms with Crippen molar-refractivity contribution in [3.05, 3.63) is 24.3 Å². The number of anilines is 1. The van der Waals surface area contributed by atoms with E-state index in [0.717, 1.165) is 25.0 Å². The third kappa shape index (κ3) is 4.81. The number of amides is 3. The van der Waals surface area contributed by atoms with Crippen LogP contribution in [0.1, 0.15) is 39.5 Å². The zero-order valence-corrected chi connectivity index (χ0v) is 22.6. The smallest absolute Gasteiger partial charge is 0.244 e. The fourth-order valence-corrected chi connectivity index (χ4v) is 9.40. The van der Waals surface area contributed by atoms with E-state index in [0.29, 0.717) is 25.3 Å². The molecule has 1 aromatic rings. The number of carbonyl (C=O) groups excluding carboxylic acids is 3. The van der Waals surface area contributed by atoms with Crippen LogP contribution in [-0.2, 0) is 14.4 Å². The molecule has 3 aliphatic heterocycles. The number of unbranched alkanes of at least 4 members (excludes halogenated alkanes) is 2. The number of nitrogens with zero attached hydrogens (tertiary/aromatic N) is 1. The number of nitrogens with one attached hydrogen (secondary N) is 2. The van der Waals surface area contributed by atoms with Gasteiger partial charge in [-0.2, -0.15) is 0 Å². The van der Waals surface area contributed by atoms with Crippen molar-refractivity contribution in [3.63, 3.8) is 0 Å². The molecule has 3 heterocycles. The number of halogens is 1. The Balaban J connectivity index is 1.57. The van der Waals surface area contributed by atoms with Crippen molar-refractivity contribution < 1.29 is 24.2 Å². The molecule has 35 heavy (non-hydrogen) atoms. The molecule has 6 atom stereocenters. The molecule has 0 radical (unpaired) electrons. The van der Waals surface area contributed by atoms with E-state index in [2.05, 4.69) is 33.5 Å². The number of aliphatic hydroxyl groups excluding tert-OH is 1. The summed E-state index contributed by atoms with van der Waals surface area (Å²) < 4.78 is 4.78.